The molecule has 1 aromatic carbocycles. The molecule has 0 saturated carbocycles. The first kappa shape index (κ1) is 7.77. The highest BCUT2D eigenvalue weighted by Gasteiger charge is 1.96. The van der Waals surface area contributed by atoms with Gasteiger partial charge in [-0.2, -0.15) is 11.3 Å². The summed E-state index contributed by atoms with van der Waals surface area (Å²) < 4.78 is 1.46. The first-order valence-corrected chi connectivity index (χ1v) is 5.69. The molecule has 0 saturated heterocycles. The second-order valence-corrected chi connectivity index (χ2v) is 5.14. The topological polar surface area (TPSA) is 0 Å². The van der Waals surface area contributed by atoms with Crippen LogP contribution in [0.4, 0.5) is 0 Å². The van der Waals surface area contributed by atoms with Crippen molar-refractivity contribution in [3.8, 4) is 0 Å². The van der Waals surface area contributed by atoms with Crippen LogP contribution in [0.25, 0.3) is 0 Å². The second-order valence-electron chi connectivity index (χ2n) is 2.47. The Kier molecular flexibility index (Phi) is 2.39. The summed E-state index contributed by atoms with van der Waals surface area (Å²) >= 11 is 1.83. The van der Waals surface area contributed by atoms with Crippen LogP contribution in [0.1, 0.15) is 0 Å². The van der Waals surface area contributed by atoms with Crippen molar-refractivity contribution in [2.75, 3.05) is 0 Å². The van der Waals surface area contributed by atoms with E-state index in [9.17, 15) is 0 Å². The van der Waals surface area contributed by atoms with Crippen LogP contribution in [0.3, 0.4) is 0 Å². The van der Waals surface area contributed by atoms with E-state index in [0.29, 0.717) is 0 Å². The van der Waals surface area contributed by atoms with Gasteiger partial charge in [0, 0.05) is 0 Å². The van der Waals surface area contributed by atoms with E-state index < -0.39 is 0 Å². The summed E-state index contributed by atoms with van der Waals surface area (Å²) in [6.45, 7) is 0. The van der Waals surface area contributed by atoms with E-state index in [-0.39, 0.29) is 0 Å². The maximum absolute atomic E-state index is 2.19. The molecule has 0 spiro atoms. The van der Waals surface area contributed by atoms with Crippen molar-refractivity contribution in [1.29, 1.82) is 0 Å². The van der Waals surface area contributed by atoms with Gasteiger partial charge in [0.2, 0.25) is 0 Å². The Morgan fingerprint density at radius 2 is 1.75 bits per heavy atom. The lowest BCUT2D eigenvalue weighted by Crippen LogP contribution is -2.23. The molecule has 2 heteroatoms. The zero-order chi connectivity index (χ0) is 8.23. The predicted octanol–water partition coefficient (Wildman–Crippen LogP) is 1.40. The second kappa shape index (κ2) is 3.69. The van der Waals surface area contributed by atoms with Crippen LogP contribution in [-0.2, 0) is 0 Å². The lowest BCUT2D eigenvalue weighted by atomic mass is 10.4. The van der Waals surface area contributed by atoms with Gasteiger partial charge in [0.25, 0.3) is 0 Å². The van der Waals surface area contributed by atoms with Crippen LogP contribution in [-0.4, -0.2) is 9.52 Å². The Morgan fingerprint density at radius 3 is 2.42 bits per heavy atom. The first-order valence-electron chi connectivity index (χ1n) is 3.81. The summed E-state index contributed by atoms with van der Waals surface area (Å²) in [5.74, 6) is 0. The van der Waals surface area contributed by atoms with Gasteiger partial charge in [-0.25, -0.2) is 0 Å². The third kappa shape index (κ3) is 1.84. The molecule has 58 valence electrons. The number of rotatable bonds is 2. The Labute approximate surface area is 78.7 Å². The summed E-state index contributed by atoms with van der Waals surface area (Å²) in [7, 11) is 0.820. The van der Waals surface area contributed by atoms with Crippen LogP contribution >= 0.6 is 11.3 Å². The molecule has 1 heterocycles. The molecule has 0 N–H and O–H groups in total. The van der Waals surface area contributed by atoms with Crippen LogP contribution in [0.2, 0.25) is 0 Å². The Bertz CT molecular complexity index is 326. The fourth-order valence-electron chi connectivity index (χ4n) is 1.01. The number of thiophene rings is 1. The number of hydrogen-bond donors (Lipinski definition) is 0. The molecular formula is C10H8SSi. The number of benzene rings is 1. The first-order chi connectivity index (χ1) is 5.95. The van der Waals surface area contributed by atoms with Gasteiger partial charge in [-0.1, -0.05) is 47.7 Å². The lowest BCUT2D eigenvalue weighted by molar-refractivity contribution is 1.77. The lowest BCUT2D eigenvalue weighted by Gasteiger charge is -1.94. The van der Waals surface area contributed by atoms with Gasteiger partial charge in [-0.15, -0.1) is 0 Å². The fraction of sp³-hybridized carbons (Fsp3) is 0. The summed E-state index contributed by atoms with van der Waals surface area (Å²) in [5.41, 5.74) is 0. The number of hydrogen-bond acceptors (Lipinski definition) is 1. The van der Waals surface area contributed by atoms with E-state index >= 15 is 0 Å². The summed E-state index contributed by atoms with van der Waals surface area (Å²) in [6.07, 6.45) is 0. The molecule has 0 nitrogen and oxygen atoms in total. The molecule has 0 unspecified atom stereocenters. The van der Waals surface area contributed by atoms with Gasteiger partial charge < -0.3 is 0 Å². The average molecular weight is 188 g/mol. The molecule has 2 rings (SSSR count). The van der Waals surface area contributed by atoms with Gasteiger partial charge in [0.1, 0.15) is 9.52 Å². The van der Waals surface area contributed by atoms with Crippen LogP contribution in [0, 0.1) is 0 Å². The predicted molar refractivity (Wildman–Crippen MR) is 55.8 cm³/mol. The third-order valence-electron chi connectivity index (χ3n) is 1.56. The molecule has 0 bridgehead atoms. The van der Waals surface area contributed by atoms with Gasteiger partial charge in [0.15, 0.2) is 0 Å². The SMILES string of the molecule is c1ccc([Si]c2cccs2)cc1. The van der Waals surface area contributed by atoms with Crippen molar-refractivity contribution in [3.63, 3.8) is 0 Å². The molecule has 0 amide bonds. The smallest absolute Gasteiger partial charge is 0.135 e. The van der Waals surface area contributed by atoms with E-state index in [0.717, 1.165) is 9.52 Å². The summed E-state index contributed by atoms with van der Waals surface area (Å²) in [5, 5.41) is 3.55. The zero-order valence-corrected chi connectivity index (χ0v) is 8.34. The van der Waals surface area contributed by atoms with Crippen LogP contribution in [0.15, 0.2) is 47.8 Å². The molecule has 0 aliphatic heterocycles. The molecule has 1 aromatic heterocycles. The summed E-state index contributed by atoms with van der Waals surface area (Å²) in [4.78, 5) is 0. The van der Waals surface area contributed by atoms with Crippen molar-refractivity contribution < 1.29 is 0 Å². The van der Waals surface area contributed by atoms with E-state index in [1.807, 2.05) is 11.3 Å². The molecule has 0 atom stereocenters. The van der Waals surface area contributed by atoms with Crippen molar-refractivity contribution in [2.45, 2.75) is 0 Å². The van der Waals surface area contributed by atoms with Crippen LogP contribution < -0.4 is 9.69 Å². The normalized spacial score (nSPS) is 10.0. The van der Waals surface area contributed by atoms with Gasteiger partial charge in [-0.3, -0.25) is 0 Å². The van der Waals surface area contributed by atoms with Gasteiger partial charge in [0.05, 0.1) is 0 Å². The minimum absolute atomic E-state index is 0.820. The summed E-state index contributed by atoms with van der Waals surface area (Å²) in [6, 6.07) is 14.9. The minimum atomic E-state index is 0.820. The van der Waals surface area contributed by atoms with E-state index in [2.05, 4.69) is 47.8 Å². The quantitative estimate of drug-likeness (QED) is 0.625. The Hall–Kier alpha value is -0.863. The molecule has 0 fully saturated rings. The van der Waals surface area contributed by atoms with Gasteiger partial charge >= 0.3 is 0 Å². The van der Waals surface area contributed by atoms with Crippen molar-refractivity contribution in [3.05, 3.63) is 47.8 Å². The third-order valence-corrected chi connectivity index (χ3v) is 3.94. The van der Waals surface area contributed by atoms with Crippen molar-refractivity contribution in [1.82, 2.24) is 0 Å². The molecule has 2 radical (unpaired) electrons. The van der Waals surface area contributed by atoms with E-state index in [1.54, 1.807) is 0 Å². The monoisotopic (exact) mass is 188 g/mol. The average Bonchev–Trinajstić information content (AvgIpc) is 2.59. The molecule has 2 aromatic rings. The minimum Gasteiger partial charge on any atom is -0.154 e. The highest BCUT2D eigenvalue weighted by Crippen LogP contribution is 1.91. The largest absolute Gasteiger partial charge is 0.154 e. The highest BCUT2D eigenvalue weighted by molar-refractivity contribution is 7.20. The molecule has 12 heavy (non-hydrogen) atoms. The molecule has 0 aliphatic carbocycles. The zero-order valence-electron chi connectivity index (χ0n) is 6.53. The van der Waals surface area contributed by atoms with Crippen molar-refractivity contribution >= 4 is 30.5 Å². The Balaban J connectivity index is 2.15. The van der Waals surface area contributed by atoms with E-state index in [4.69, 9.17) is 0 Å². The maximum Gasteiger partial charge on any atom is 0.135 e. The van der Waals surface area contributed by atoms with Gasteiger partial charge in [-0.05, 0) is 9.88 Å². The maximum atomic E-state index is 2.19. The van der Waals surface area contributed by atoms with Crippen molar-refractivity contribution in [2.24, 2.45) is 0 Å². The Morgan fingerprint density at radius 1 is 0.917 bits per heavy atom. The molecular weight excluding hydrogens is 180 g/mol. The van der Waals surface area contributed by atoms with E-state index in [1.165, 1.54) is 9.69 Å². The highest BCUT2D eigenvalue weighted by atomic mass is 32.1. The van der Waals surface area contributed by atoms with Crippen LogP contribution in [0.5, 0.6) is 0 Å². The standard InChI is InChI=1S/C10H8SSi/c1-2-5-9(6-3-1)12-10-7-4-8-11-10/h1-8H. The fourth-order valence-corrected chi connectivity index (χ4v) is 3.09. The molecule has 0 aliphatic rings.